The van der Waals surface area contributed by atoms with Crippen molar-refractivity contribution in [1.29, 1.82) is 0 Å². The Balaban J connectivity index is 0.00000106. The molecule has 0 fully saturated rings. The van der Waals surface area contributed by atoms with Crippen molar-refractivity contribution in [3.63, 3.8) is 0 Å². The van der Waals surface area contributed by atoms with Gasteiger partial charge in [-0.2, -0.15) is 0 Å². The zero-order valence-corrected chi connectivity index (χ0v) is 10.6. The van der Waals surface area contributed by atoms with Crippen molar-refractivity contribution in [3.05, 3.63) is 35.6 Å². The summed E-state index contributed by atoms with van der Waals surface area (Å²) in [6, 6.07) is 5.78. The summed E-state index contributed by atoms with van der Waals surface area (Å²) >= 11 is 0. The molecule has 0 bridgehead atoms. The number of carbonyl (C=O) groups is 1. The lowest BCUT2D eigenvalue weighted by Crippen LogP contribution is -2.25. The predicted octanol–water partition coefficient (Wildman–Crippen LogP) is 3.04. The van der Waals surface area contributed by atoms with Crippen LogP contribution in [0.4, 0.5) is 4.39 Å². The fourth-order valence-corrected chi connectivity index (χ4v) is 1.57. The van der Waals surface area contributed by atoms with Gasteiger partial charge in [0, 0.05) is 0 Å². The maximum absolute atomic E-state index is 12.9. The topological polar surface area (TPSA) is 20.3 Å². The highest BCUT2D eigenvalue weighted by molar-refractivity contribution is 5.82. The average molecular weight is 225 g/mol. The van der Waals surface area contributed by atoms with Gasteiger partial charge in [0.1, 0.15) is 5.82 Å². The highest BCUT2D eigenvalue weighted by Crippen LogP contribution is 2.19. The van der Waals surface area contributed by atoms with E-state index in [0.29, 0.717) is 5.56 Å². The van der Waals surface area contributed by atoms with Crippen molar-refractivity contribution < 1.29 is 9.18 Å². The van der Waals surface area contributed by atoms with Gasteiger partial charge < -0.3 is 0 Å². The third kappa shape index (κ3) is 4.11. The lowest BCUT2D eigenvalue weighted by molar-refractivity contribution is -0.121. The summed E-state index contributed by atoms with van der Waals surface area (Å²) in [6.07, 6.45) is 0. The number of likely N-dealkylation sites (N-methyl/N-ethyl adjacent to an activating group) is 1. The lowest BCUT2D eigenvalue weighted by atomic mass is 10.0. The number of carbonyl (C=O) groups excluding carboxylic acids is 1. The first-order valence-corrected chi connectivity index (χ1v) is 5.44. The summed E-state index contributed by atoms with van der Waals surface area (Å²) in [6.45, 7) is 5.51. The number of hydrogen-bond donors (Lipinski definition) is 0. The Hall–Kier alpha value is -1.22. The molecular weight excluding hydrogens is 205 g/mol. The normalized spacial score (nSPS) is 11.7. The zero-order chi connectivity index (χ0) is 12.7. The smallest absolute Gasteiger partial charge is 0.151 e. The van der Waals surface area contributed by atoms with E-state index in [9.17, 15) is 9.18 Å². The Morgan fingerprint density at radius 1 is 1.31 bits per heavy atom. The molecule has 3 heteroatoms. The van der Waals surface area contributed by atoms with Crippen LogP contribution in [0.1, 0.15) is 32.4 Å². The Labute approximate surface area is 97.1 Å². The molecule has 0 N–H and O–H groups in total. The van der Waals surface area contributed by atoms with Crippen LogP contribution >= 0.6 is 0 Å². The van der Waals surface area contributed by atoms with Gasteiger partial charge in [0.25, 0.3) is 0 Å². The second kappa shape index (κ2) is 7.12. The van der Waals surface area contributed by atoms with Gasteiger partial charge in [-0.25, -0.2) is 4.39 Å². The van der Waals surface area contributed by atoms with Gasteiger partial charge in [-0.05, 0) is 38.7 Å². The SMILES string of the molecule is CC.CC(=O)C(c1cccc(F)c1)N(C)C. The molecule has 2 nitrogen and oxygen atoms in total. The summed E-state index contributed by atoms with van der Waals surface area (Å²) < 4.78 is 12.9. The van der Waals surface area contributed by atoms with E-state index in [1.165, 1.54) is 19.1 Å². The van der Waals surface area contributed by atoms with E-state index < -0.39 is 0 Å². The van der Waals surface area contributed by atoms with Crippen molar-refractivity contribution in [1.82, 2.24) is 4.90 Å². The molecule has 16 heavy (non-hydrogen) atoms. The average Bonchev–Trinajstić information content (AvgIpc) is 2.19. The Kier molecular flexibility index (Phi) is 6.58. The van der Waals surface area contributed by atoms with Gasteiger partial charge in [-0.15, -0.1) is 0 Å². The van der Waals surface area contributed by atoms with Crippen LogP contribution in [0.15, 0.2) is 24.3 Å². The van der Waals surface area contributed by atoms with Gasteiger partial charge >= 0.3 is 0 Å². The van der Waals surface area contributed by atoms with Crippen LogP contribution in [-0.4, -0.2) is 24.8 Å². The minimum absolute atomic E-state index is 0.0144. The van der Waals surface area contributed by atoms with Gasteiger partial charge in [0.2, 0.25) is 0 Å². The molecule has 0 amide bonds. The minimum Gasteiger partial charge on any atom is -0.298 e. The Morgan fingerprint density at radius 2 is 1.88 bits per heavy atom. The second-order valence-corrected chi connectivity index (χ2v) is 3.53. The summed E-state index contributed by atoms with van der Waals surface area (Å²) in [5, 5.41) is 0. The van der Waals surface area contributed by atoms with Crippen molar-refractivity contribution in [3.8, 4) is 0 Å². The maximum atomic E-state index is 12.9. The number of Topliss-reactive ketones (excluding diaryl/α,β-unsaturated/α-hetero) is 1. The first kappa shape index (κ1) is 14.8. The maximum Gasteiger partial charge on any atom is 0.151 e. The van der Waals surface area contributed by atoms with Crippen molar-refractivity contribution in [2.45, 2.75) is 26.8 Å². The van der Waals surface area contributed by atoms with Crippen LogP contribution in [-0.2, 0) is 4.79 Å². The molecule has 0 aliphatic heterocycles. The fourth-order valence-electron chi connectivity index (χ4n) is 1.57. The van der Waals surface area contributed by atoms with Gasteiger partial charge in [0.15, 0.2) is 5.78 Å². The lowest BCUT2D eigenvalue weighted by Gasteiger charge is -2.21. The quantitative estimate of drug-likeness (QED) is 0.788. The monoisotopic (exact) mass is 225 g/mol. The van der Waals surface area contributed by atoms with Gasteiger partial charge in [-0.3, -0.25) is 9.69 Å². The second-order valence-electron chi connectivity index (χ2n) is 3.53. The van der Waals surface area contributed by atoms with E-state index in [2.05, 4.69) is 0 Å². The van der Waals surface area contributed by atoms with Gasteiger partial charge in [0.05, 0.1) is 6.04 Å². The third-order valence-corrected chi connectivity index (χ3v) is 2.07. The Morgan fingerprint density at radius 3 is 2.25 bits per heavy atom. The highest BCUT2D eigenvalue weighted by Gasteiger charge is 2.18. The molecule has 0 aliphatic carbocycles. The molecule has 0 saturated carbocycles. The molecule has 90 valence electrons. The van der Waals surface area contributed by atoms with Crippen molar-refractivity contribution in [2.24, 2.45) is 0 Å². The molecular formula is C13H20FNO. The molecule has 1 aromatic carbocycles. The van der Waals surface area contributed by atoms with Crippen LogP contribution < -0.4 is 0 Å². The summed E-state index contributed by atoms with van der Waals surface area (Å²) in [7, 11) is 3.61. The first-order chi connectivity index (χ1) is 7.52. The standard InChI is InChI=1S/C11H14FNO.C2H6/c1-8(14)11(13(2)3)9-5-4-6-10(12)7-9;1-2/h4-7,11H,1-3H3;1-2H3. The number of ketones is 1. The number of benzene rings is 1. The van der Waals surface area contributed by atoms with E-state index in [4.69, 9.17) is 0 Å². The van der Waals surface area contributed by atoms with Crippen LogP contribution in [0, 0.1) is 5.82 Å². The molecule has 1 aromatic rings. The van der Waals surface area contributed by atoms with Crippen molar-refractivity contribution in [2.75, 3.05) is 14.1 Å². The Bertz CT molecular complexity index is 336. The fraction of sp³-hybridized carbons (Fsp3) is 0.462. The highest BCUT2D eigenvalue weighted by atomic mass is 19.1. The molecule has 1 unspecified atom stereocenters. The third-order valence-electron chi connectivity index (χ3n) is 2.07. The molecule has 0 saturated heterocycles. The van der Waals surface area contributed by atoms with Crippen LogP contribution in [0.2, 0.25) is 0 Å². The largest absolute Gasteiger partial charge is 0.298 e. The van der Waals surface area contributed by atoms with Crippen molar-refractivity contribution >= 4 is 5.78 Å². The summed E-state index contributed by atoms with van der Waals surface area (Å²) in [5.41, 5.74) is 0.697. The predicted molar refractivity (Wildman–Crippen MR) is 64.9 cm³/mol. The van der Waals surface area contributed by atoms with E-state index in [0.717, 1.165) is 0 Å². The summed E-state index contributed by atoms with van der Waals surface area (Å²) in [4.78, 5) is 13.1. The minimum atomic E-state index is -0.356. The molecule has 0 aliphatic rings. The first-order valence-electron chi connectivity index (χ1n) is 5.44. The number of rotatable bonds is 3. The molecule has 0 aromatic heterocycles. The van der Waals surface area contributed by atoms with E-state index in [1.54, 1.807) is 31.1 Å². The molecule has 1 rings (SSSR count). The molecule has 1 atom stereocenters. The number of hydrogen-bond acceptors (Lipinski definition) is 2. The number of halogens is 1. The zero-order valence-electron chi connectivity index (χ0n) is 10.6. The summed E-state index contributed by atoms with van der Waals surface area (Å²) in [5.74, 6) is -0.295. The number of nitrogens with zero attached hydrogens (tertiary/aromatic N) is 1. The van der Waals surface area contributed by atoms with E-state index >= 15 is 0 Å². The van der Waals surface area contributed by atoms with Gasteiger partial charge in [-0.1, -0.05) is 26.0 Å². The van der Waals surface area contributed by atoms with E-state index in [1.807, 2.05) is 13.8 Å². The van der Waals surface area contributed by atoms with Crippen LogP contribution in [0.5, 0.6) is 0 Å². The van der Waals surface area contributed by atoms with Crippen LogP contribution in [0.3, 0.4) is 0 Å². The molecule has 0 heterocycles. The molecule has 0 radical (unpaired) electrons. The van der Waals surface area contributed by atoms with E-state index in [-0.39, 0.29) is 17.6 Å². The molecule has 0 spiro atoms. The van der Waals surface area contributed by atoms with Crippen LogP contribution in [0.25, 0.3) is 0 Å².